The normalized spacial score (nSPS) is 10.0. The third-order valence-corrected chi connectivity index (χ3v) is 4.49. The van der Waals surface area contributed by atoms with Crippen LogP contribution in [-0.2, 0) is 4.84 Å². The predicted molar refractivity (Wildman–Crippen MR) is 163 cm³/mol. The van der Waals surface area contributed by atoms with Gasteiger partial charge in [0.05, 0.1) is 18.6 Å². The number of nitrogens with zero attached hydrogens (tertiary/aromatic N) is 2. The molecule has 0 saturated carbocycles. The van der Waals surface area contributed by atoms with Gasteiger partial charge >= 0.3 is 0 Å². The van der Waals surface area contributed by atoms with Crippen LogP contribution in [0.2, 0.25) is 0 Å². The van der Waals surface area contributed by atoms with E-state index in [1.54, 1.807) is 25.2 Å². The van der Waals surface area contributed by atoms with Crippen LogP contribution in [0.3, 0.4) is 0 Å². The first-order valence-corrected chi connectivity index (χ1v) is 13.1. The number of amidine groups is 1. The smallest absolute Gasteiger partial charge is 0.263 e. The SMILES string of the molecule is CC.CCCCC.CCNC.CF.CNc1cc(/C(N=CCOc2ccc(C(F)F)cc2)=N/OC)ccc1N. The van der Waals surface area contributed by atoms with Crippen molar-refractivity contribution in [2.45, 2.75) is 60.3 Å². The number of rotatable bonds is 10. The first kappa shape index (κ1) is 40.2. The van der Waals surface area contributed by atoms with Crippen molar-refractivity contribution in [3.63, 3.8) is 0 Å². The molecule has 7 nitrogen and oxygen atoms in total. The molecule has 0 unspecified atom stereocenters. The molecule has 0 bridgehead atoms. The van der Waals surface area contributed by atoms with Crippen molar-refractivity contribution >= 4 is 23.4 Å². The summed E-state index contributed by atoms with van der Waals surface area (Å²) < 4.78 is 40.0. The summed E-state index contributed by atoms with van der Waals surface area (Å²) >= 11 is 0. The zero-order valence-corrected chi connectivity index (χ0v) is 25.2. The highest BCUT2D eigenvalue weighted by atomic mass is 19.3. The molecule has 0 atom stereocenters. The van der Waals surface area contributed by atoms with Crippen molar-refractivity contribution in [2.75, 3.05) is 52.6 Å². The summed E-state index contributed by atoms with van der Waals surface area (Å²) in [7, 11) is 5.62. The number of hydrogen-bond donors (Lipinski definition) is 3. The Kier molecular flexibility index (Phi) is 30.2. The highest BCUT2D eigenvalue weighted by Crippen LogP contribution is 2.22. The Balaban J connectivity index is -0.000000840. The summed E-state index contributed by atoms with van der Waals surface area (Å²) in [6, 6.07) is 10.9. The van der Waals surface area contributed by atoms with Gasteiger partial charge in [-0.25, -0.2) is 13.8 Å². The lowest BCUT2D eigenvalue weighted by atomic mass is 10.1. The van der Waals surface area contributed by atoms with E-state index in [9.17, 15) is 13.2 Å². The van der Waals surface area contributed by atoms with Gasteiger partial charge in [0.1, 0.15) is 19.5 Å². The molecule has 39 heavy (non-hydrogen) atoms. The molecule has 2 aromatic carbocycles. The van der Waals surface area contributed by atoms with Gasteiger partial charge in [0.25, 0.3) is 6.43 Å². The molecule has 0 amide bonds. The summed E-state index contributed by atoms with van der Waals surface area (Å²) in [5, 5.41) is 9.80. The summed E-state index contributed by atoms with van der Waals surface area (Å²) in [5.74, 6) is 0.816. The fraction of sp³-hybridized carbons (Fsp3) is 0.517. The van der Waals surface area contributed by atoms with Crippen LogP contribution in [0.25, 0.3) is 0 Å². The van der Waals surface area contributed by atoms with Gasteiger partial charge in [-0.15, -0.1) is 0 Å². The molecule has 0 heterocycles. The standard InChI is InChI=1S/C18H20F2N4O2.C5H12.C3H9N.C2H6.CH3F/c1-22-16-11-13(5-8-15(16)21)18(24-25-2)23-9-10-26-14-6-3-12(4-7-14)17(19)20;1-3-5-4-2;1-3-4-2;2*1-2/h3-9,11,17,22H,10,21H2,1-2H3;3-5H2,1-2H3;4H,3H2,1-2H3;1-2H3;1H3/b23-9?,24-18-;;;;. The van der Waals surface area contributed by atoms with Crippen LogP contribution in [-0.4, -0.2) is 53.6 Å². The number of aliphatic imine (C=N–C) groups is 1. The number of alkyl halides is 3. The van der Waals surface area contributed by atoms with E-state index in [1.165, 1.54) is 56.9 Å². The van der Waals surface area contributed by atoms with Crippen LogP contribution in [0.5, 0.6) is 5.75 Å². The molecule has 0 radical (unpaired) electrons. The number of oxime groups is 1. The first-order chi connectivity index (χ1) is 18.9. The summed E-state index contributed by atoms with van der Waals surface area (Å²) in [4.78, 5) is 9.06. The highest BCUT2D eigenvalue weighted by Gasteiger charge is 2.07. The van der Waals surface area contributed by atoms with E-state index >= 15 is 0 Å². The molecule has 2 rings (SSSR count). The lowest BCUT2D eigenvalue weighted by molar-refractivity contribution is 0.151. The molecule has 0 aliphatic rings. The Bertz CT molecular complexity index is 861. The number of halogens is 3. The average molecular weight is 558 g/mol. The van der Waals surface area contributed by atoms with Crippen molar-refractivity contribution in [3.05, 3.63) is 53.6 Å². The van der Waals surface area contributed by atoms with Gasteiger partial charge in [-0.05, 0) is 56.1 Å². The molecule has 0 fully saturated rings. The second-order valence-corrected chi connectivity index (χ2v) is 7.20. The minimum absolute atomic E-state index is 0.0516. The van der Waals surface area contributed by atoms with E-state index in [1.807, 2.05) is 20.9 Å². The van der Waals surface area contributed by atoms with E-state index in [2.05, 4.69) is 41.6 Å². The van der Waals surface area contributed by atoms with Crippen molar-refractivity contribution < 1.29 is 22.7 Å². The average Bonchev–Trinajstić information content (AvgIpc) is 2.98. The monoisotopic (exact) mass is 557 g/mol. The third-order valence-electron chi connectivity index (χ3n) is 4.49. The van der Waals surface area contributed by atoms with Crippen molar-refractivity contribution in [1.29, 1.82) is 0 Å². The third kappa shape index (κ3) is 20.4. The van der Waals surface area contributed by atoms with Crippen molar-refractivity contribution in [1.82, 2.24) is 5.32 Å². The molecule has 0 aliphatic heterocycles. The maximum Gasteiger partial charge on any atom is 0.263 e. The second-order valence-electron chi connectivity index (χ2n) is 7.20. The topological polar surface area (TPSA) is 93.3 Å². The molecule has 0 spiro atoms. The Labute approximate surface area is 234 Å². The molecule has 224 valence electrons. The second kappa shape index (κ2) is 29.3. The highest BCUT2D eigenvalue weighted by molar-refractivity contribution is 6.04. The number of unbranched alkanes of at least 4 members (excludes halogenated alkanes) is 2. The summed E-state index contributed by atoms with van der Waals surface area (Å²) in [6.07, 6.45) is 3.09. The lowest BCUT2D eigenvalue weighted by Gasteiger charge is -2.08. The molecule has 0 aromatic heterocycles. The minimum Gasteiger partial charge on any atom is -0.488 e. The molecule has 4 N–H and O–H groups in total. The van der Waals surface area contributed by atoms with Gasteiger partial charge < -0.3 is 25.9 Å². The molecule has 0 saturated heterocycles. The van der Waals surface area contributed by atoms with Crippen LogP contribution in [0.1, 0.15) is 71.4 Å². The number of benzene rings is 2. The van der Waals surface area contributed by atoms with E-state index in [0.717, 1.165) is 12.2 Å². The van der Waals surface area contributed by atoms with Gasteiger partial charge in [-0.1, -0.05) is 59.0 Å². The number of ether oxygens (including phenoxy) is 1. The molecular formula is C29H50F3N5O2. The zero-order chi connectivity index (χ0) is 30.5. The number of nitrogens with two attached hydrogens (primary N) is 1. The summed E-state index contributed by atoms with van der Waals surface area (Å²) in [5.41, 5.74) is 7.86. The van der Waals surface area contributed by atoms with Crippen LogP contribution in [0.4, 0.5) is 24.5 Å². The number of hydrogen-bond acceptors (Lipinski definition) is 6. The van der Waals surface area contributed by atoms with Crippen LogP contribution in [0, 0.1) is 0 Å². The Hall–Kier alpha value is -3.27. The van der Waals surface area contributed by atoms with Gasteiger partial charge in [-0.3, -0.25) is 4.39 Å². The predicted octanol–water partition coefficient (Wildman–Crippen LogP) is 7.74. The van der Waals surface area contributed by atoms with Gasteiger partial charge in [0.15, 0.2) is 5.84 Å². The largest absolute Gasteiger partial charge is 0.488 e. The Morgan fingerprint density at radius 3 is 1.97 bits per heavy atom. The Morgan fingerprint density at radius 1 is 1.00 bits per heavy atom. The van der Waals surface area contributed by atoms with Crippen LogP contribution >= 0.6 is 0 Å². The van der Waals surface area contributed by atoms with Gasteiger partial charge in [0, 0.05) is 24.4 Å². The number of nitrogens with one attached hydrogen (secondary N) is 2. The Morgan fingerprint density at radius 2 is 1.56 bits per heavy atom. The van der Waals surface area contributed by atoms with E-state index in [4.69, 9.17) is 15.3 Å². The molecule has 2 aromatic rings. The van der Waals surface area contributed by atoms with E-state index in [-0.39, 0.29) is 12.2 Å². The zero-order valence-electron chi connectivity index (χ0n) is 25.2. The van der Waals surface area contributed by atoms with Crippen molar-refractivity contribution in [2.24, 2.45) is 10.1 Å². The fourth-order valence-electron chi connectivity index (χ4n) is 2.47. The number of nitrogen functional groups attached to an aromatic ring is 1. The minimum atomic E-state index is -2.50. The van der Waals surface area contributed by atoms with Crippen LogP contribution < -0.4 is 21.1 Å². The lowest BCUT2D eigenvalue weighted by Crippen LogP contribution is -2.05. The quantitative estimate of drug-likeness (QED) is 0.120. The summed E-state index contributed by atoms with van der Waals surface area (Å²) in [6.45, 7) is 11.7. The van der Waals surface area contributed by atoms with E-state index < -0.39 is 6.43 Å². The van der Waals surface area contributed by atoms with Crippen molar-refractivity contribution in [3.8, 4) is 5.75 Å². The molecular weight excluding hydrogens is 507 g/mol. The molecule has 0 aliphatic carbocycles. The van der Waals surface area contributed by atoms with Crippen LogP contribution in [0.15, 0.2) is 52.6 Å². The maximum absolute atomic E-state index is 12.5. The van der Waals surface area contributed by atoms with Gasteiger partial charge in [0.2, 0.25) is 0 Å². The maximum atomic E-state index is 12.5. The number of anilines is 2. The van der Waals surface area contributed by atoms with E-state index in [0.29, 0.717) is 30.0 Å². The van der Waals surface area contributed by atoms with Gasteiger partial charge in [-0.2, -0.15) is 0 Å². The molecule has 10 heteroatoms. The fourth-order valence-corrected chi connectivity index (χ4v) is 2.47. The first-order valence-electron chi connectivity index (χ1n) is 13.1.